The molecule has 0 aliphatic rings. The lowest BCUT2D eigenvalue weighted by Crippen LogP contribution is -2.39. The molecule has 0 aromatic rings. The number of ether oxygens (including phenoxy) is 2. The van der Waals surface area contributed by atoms with Gasteiger partial charge in [-0.1, -0.05) is 20.3 Å². The normalized spacial score (nSPS) is 10.5. The zero-order valence-corrected chi connectivity index (χ0v) is 11.9. The summed E-state index contributed by atoms with van der Waals surface area (Å²) in [5.41, 5.74) is 0. The number of unbranched alkanes of at least 4 members (excludes halogenated alkanes) is 1. The van der Waals surface area contributed by atoms with E-state index in [2.05, 4.69) is 10.1 Å². The third kappa shape index (κ3) is 14.1. The second-order valence-electron chi connectivity index (χ2n) is 3.63. The Hall–Kier alpha value is -1.79. The number of amides is 1. The molecule has 1 amide bonds. The van der Waals surface area contributed by atoms with Crippen molar-refractivity contribution >= 4 is 18.0 Å². The molecule has 7 nitrogen and oxygen atoms in total. The summed E-state index contributed by atoms with van der Waals surface area (Å²) in [4.78, 5) is 31.3. The van der Waals surface area contributed by atoms with E-state index < -0.39 is 24.1 Å². The highest BCUT2D eigenvalue weighted by Gasteiger charge is 2.15. The Morgan fingerprint density at radius 3 is 2.16 bits per heavy atom. The molecule has 19 heavy (non-hydrogen) atoms. The van der Waals surface area contributed by atoms with E-state index in [-0.39, 0.29) is 6.42 Å². The molecule has 0 radical (unpaired) electrons. The van der Waals surface area contributed by atoms with Crippen molar-refractivity contribution in [1.29, 1.82) is 0 Å². The van der Waals surface area contributed by atoms with Gasteiger partial charge in [0.05, 0.1) is 13.7 Å². The van der Waals surface area contributed by atoms with Crippen LogP contribution >= 0.6 is 0 Å². The van der Waals surface area contributed by atoms with E-state index in [1.807, 2.05) is 6.92 Å². The maximum Gasteiger partial charge on any atom is 0.407 e. The number of nitrogens with one attached hydrogen (secondary N) is 1. The molecule has 1 atom stereocenters. The number of carboxylic acids is 1. The summed E-state index contributed by atoms with van der Waals surface area (Å²) < 4.78 is 9.22. The first-order valence-electron chi connectivity index (χ1n) is 6.11. The van der Waals surface area contributed by atoms with Crippen molar-refractivity contribution in [2.45, 2.75) is 46.1 Å². The van der Waals surface area contributed by atoms with Crippen molar-refractivity contribution in [3.8, 4) is 0 Å². The summed E-state index contributed by atoms with van der Waals surface area (Å²) >= 11 is 0. The molecule has 2 N–H and O–H groups in total. The first kappa shape index (κ1) is 19.5. The van der Waals surface area contributed by atoms with Crippen LogP contribution in [0.4, 0.5) is 4.79 Å². The minimum atomic E-state index is -0.745. The van der Waals surface area contributed by atoms with Crippen LogP contribution in [0.5, 0.6) is 0 Å². The molecule has 0 spiro atoms. The largest absolute Gasteiger partial charge is 0.481 e. The van der Waals surface area contributed by atoms with Crippen molar-refractivity contribution < 1.29 is 29.0 Å². The quantitative estimate of drug-likeness (QED) is 0.564. The Bertz CT molecular complexity index is 279. The number of methoxy groups -OCH3 is 1. The molecule has 7 heteroatoms. The van der Waals surface area contributed by atoms with Gasteiger partial charge in [0.15, 0.2) is 0 Å². The zero-order valence-electron chi connectivity index (χ0n) is 11.9. The molecule has 0 aromatic carbocycles. The molecule has 0 heterocycles. The predicted molar refractivity (Wildman–Crippen MR) is 68.8 cm³/mol. The van der Waals surface area contributed by atoms with E-state index in [9.17, 15) is 14.4 Å². The van der Waals surface area contributed by atoms with Crippen LogP contribution in [0.2, 0.25) is 0 Å². The fraction of sp³-hybridized carbons (Fsp3) is 0.750. The number of hydrogen-bond acceptors (Lipinski definition) is 5. The maximum atomic E-state index is 11.0. The molecule has 0 bridgehead atoms. The van der Waals surface area contributed by atoms with E-state index in [4.69, 9.17) is 9.84 Å². The Balaban J connectivity index is 0. The highest BCUT2D eigenvalue weighted by atomic mass is 16.6. The van der Waals surface area contributed by atoms with Crippen LogP contribution in [-0.4, -0.2) is 42.9 Å². The van der Waals surface area contributed by atoms with Crippen LogP contribution in [0, 0.1) is 0 Å². The fourth-order valence-corrected chi connectivity index (χ4v) is 0.763. The average Bonchev–Trinajstić information content (AvgIpc) is 2.38. The van der Waals surface area contributed by atoms with E-state index >= 15 is 0 Å². The standard InChI is InChI=1S/C9H17NO4.C3H6O2/c1-4-5-6-14-9(12)10-7(2)8(11)13-3;1-2-3(4)5/h7H,4-6H2,1-3H3,(H,10,12);2H2,1H3,(H,4,5). The molecule has 0 saturated carbocycles. The molecule has 0 saturated heterocycles. The molecule has 0 aromatic heterocycles. The molecule has 0 aliphatic carbocycles. The van der Waals surface area contributed by atoms with Crippen LogP contribution in [-0.2, 0) is 19.1 Å². The van der Waals surface area contributed by atoms with Gasteiger partial charge in [-0.2, -0.15) is 0 Å². The lowest BCUT2D eigenvalue weighted by atomic mass is 10.3. The third-order valence-electron chi connectivity index (χ3n) is 1.92. The zero-order chi connectivity index (χ0) is 15.3. The maximum absolute atomic E-state index is 11.0. The first-order valence-corrected chi connectivity index (χ1v) is 6.11. The molecule has 0 fully saturated rings. The second-order valence-corrected chi connectivity index (χ2v) is 3.63. The molecule has 0 rings (SSSR count). The summed E-state index contributed by atoms with van der Waals surface area (Å²) in [5, 5.41) is 10.1. The number of esters is 1. The van der Waals surface area contributed by atoms with E-state index in [0.717, 1.165) is 12.8 Å². The molecular formula is C12H23NO6. The molecule has 112 valence electrons. The van der Waals surface area contributed by atoms with Gasteiger partial charge in [0.25, 0.3) is 0 Å². The minimum Gasteiger partial charge on any atom is -0.481 e. The Morgan fingerprint density at radius 2 is 1.79 bits per heavy atom. The van der Waals surface area contributed by atoms with Gasteiger partial charge >= 0.3 is 18.0 Å². The van der Waals surface area contributed by atoms with Gasteiger partial charge in [-0.25, -0.2) is 9.59 Å². The smallest absolute Gasteiger partial charge is 0.407 e. The van der Waals surface area contributed by atoms with Crippen molar-refractivity contribution in [3.63, 3.8) is 0 Å². The second kappa shape index (κ2) is 12.7. The van der Waals surface area contributed by atoms with Gasteiger partial charge in [-0.3, -0.25) is 4.79 Å². The lowest BCUT2D eigenvalue weighted by molar-refractivity contribution is -0.142. The lowest BCUT2D eigenvalue weighted by Gasteiger charge is -2.11. The van der Waals surface area contributed by atoms with Crippen LogP contribution in [0.15, 0.2) is 0 Å². The van der Waals surface area contributed by atoms with Crippen LogP contribution < -0.4 is 5.32 Å². The summed E-state index contributed by atoms with van der Waals surface area (Å²) in [7, 11) is 1.27. The van der Waals surface area contributed by atoms with E-state index in [1.165, 1.54) is 14.0 Å². The van der Waals surface area contributed by atoms with Gasteiger partial charge in [0.2, 0.25) is 0 Å². The highest BCUT2D eigenvalue weighted by Crippen LogP contribution is 1.91. The van der Waals surface area contributed by atoms with Crippen molar-refractivity contribution in [2.75, 3.05) is 13.7 Å². The fourth-order valence-electron chi connectivity index (χ4n) is 0.763. The van der Waals surface area contributed by atoms with Crippen LogP contribution in [0.25, 0.3) is 0 Å². The number of alkyl carbamates (subject to hydrolysis) is 1. The summed E-state index contributed by atoms with van der Waals surface area (Å²) in [6.45, 7) is 5.50. The van der Waals surface area contributed by atoms with Gasteiger partial charge in [-0.15, -0.1) is 0 Å². The first-order chi connectivity index (χ1) is 8.88. The number of rotatable bonds is 6. The number of carbonyl (C=O) groups is 3. The number of carbonyl (C=O) groups excluding carboxylic acids is 2. The van der Waals surface area contributed by atoms with Crippen molar-refractivity contribution in [2.24, 2.45) is 0 Å². The average molecular weight is 277 g/mol. The molecule has 0 aliphatic heterocycles. The van der Waals surface area contributed by atoms with Crippen molar-refractivity contribution in [1.82, 2.24) is 5.32 Å². The number of hydrogen-bond donors (Lipinski definition) is 2. The third-order valence-corrected chi connectivity index (χ3v) is 1.92. The van der Waals surface area contributed by atoms with Crippen LogP contribution in [0.3, 0.4) is 0 Å². The summed E-state index contributed by atoms with van der Waals surface area (Å²) in [6.07, 6.45) is 1.41. The van der Waals surface area contributed by atoms with Crippen molar-refractivity contribution in [3.05, 3.63) is 0 Å². The van der Waals surface area contributed by atoms with E-state index in [1.54, 1.807) is 6.92 Å². The number of carboxylic acid groups (broad SMARTS) is 1. The number of aliphatic carboxylic acids is 1. The van der Waals surface area contributed by atoms with Gasteiger partial charge < -0.3 is 19.9 Å². The highest BCUT2D eigenvalue weighted by molar-refractivity contribution is 5.80. The van der Waals surface area contributed by atoms with Gasteiger partial charge in [0.1, 0.15) is 6.04 Å². The van der Waals surface area contributed by atoms with Gasteiger partial charge in [-0.05, 0) is 13.3 Å². The minimum absolute atomic E-state index is 0.222. The SMILES string of the molecule is CCC(=O)O.CCCCOC(=O)NC(C)C(=O)OC. The monoisotopic (exact) mass is 277 g/mol. The molecule has 1 unspecified atom stereocenters. The molecular weight excluding hydrogens is 254 g/mol. The van der Waals surface area contributed by atoms with E-state index in [0.29, 0.717) is 6.61 Å². The summed E-state index contributed by atoms with van der Waals surface area (Å²) in [6, 6.07) is -0.672. The van der Waals surface area contributed by atoms with Crippen LogP contribution in [0.1, 0.15) is 40.0 Å². The summed E-state index contributed by atoms with van der Waals surface area (Å²) in [5.74, 6) is -1.23. The van der Waals surface area contributed by atoms with Gasteiger partial charge in [0, 0.05) is 6.42 Å². The topological polar surface area (TPSA) is 102 Å². The predicted octanol–water partition coefficient (Wildman–Crippen LogP) is 1.56. The Kier molecular flexibility index (Phi) is 13.0. The Morgan fingerprint density at radius 1 is 1.26 bits per heavy atom. The Labute approximate surface area is 113 Å².